The number of nitrogens with zero attached hydrogens (tertiary/aromatic N) is 1. The van der Waals surface area contributed by atoms with Crippen LogP contribution in [0.3, 0.4) is 0 Å². The van der Waals surface area contributed by atoms with Gasteiger partial charge >= 0.3 is 0 Å². The Labute approximate surface area is 95.5 Å². The van der Waals surface area contributed by atoms with Crippen LogP contribution in [-0.2, 0) is 4.79 Å². The van der Waals surface area contributed by atoms with Gasteiger partial charge in [-0.2, -0.15) is 0 Å². The molecule has 1 aliphatic rings. The maximum atomic E-state index is 11.9. The van der Waals surface area contributed by atoms with Crippen molar-refractivity contribution in [2.45, 2.75) is 13.8 Å². The molecular weight excluding hydrogens is 202 g/mol. The molecule has 1 aromatic rings. The van der Waals surface area contributed by atoms with Gasteiger partial charge in [0.25, 0.3) is 0 Å². The van der Waals surface area contributed by atoms with E-state index in [1.54, 1.807) is 6.20 Å². The van der Waals surface area contributed by atoms with Gasteiger partial charge in [0, 0.05) is 12.7 Å². The second-order valence-electron chi connectivity index (χ2n) is 4.45. The Hall–Kier alpha value is -1.42. The predicted molar refractivity (Wildman–Crippen MR) is 63.1 cm³/mol. The number of aromatic nitrogens is 1. The van der Waals surface area contributed by atoms with Crippen LogP contribution in [0.5, 0.6) is 0 Å². The molecule has 0 aromatic carbocycles. The summed E-state index contributed by atoms with van der Waals surface area (Å²) in [5.74, 6) is 1.15. The van der Waals surface area contributed by atoms with Crippen molar-refractivity contribution in [3.63, 3.8) is 0 Å². The summed E-state index contributed by atoms with van der Waals surface area (Å²) in [6, 6.07) is 3.78. The molecule has 2 N–H and O–H groups in total. The molecule has 2 atom stereocenters. The highest BCUT2D eigenvalue weighted by Gasteiger charge is 2.29. The molecule has 2 rings (SSSR count). The summed E-state index contributed by atoms with van der Waals surface area (Å²) >= 11 is 0. The van der Waals surface area contributed by atoms with Crippen molar-refractivity contribution in [1.82, 2.24) is 10.3 Å². The zero-order chi connectivity index (χ0) is 11.5. The van der Waals surface area contributed by atoms with Crippen LogP contribution in [0, 0.1) is 18.8 Å². The van der Waals surface area contributed by atoms with Crippen LogP contribution < -0.4 is 10.6 Å². The van der Waals surface area contributed by atoms with Gasteiger partial charge in [0.1, 0.15) is 5.82 Å². The first-order valence-corrected chi connectivity index (χ1v) is 5.61. The van der Waals surface area contributed by atoms with Gasteiger partial charge in [0.05, 0.1) is 5.92 Å². The van der Waals surface area contributed by atoms with Gasteiger partial charge in [-0.1, -0.05) is 13.0 Å². The van der Waals surface area contributed by atoms with Gasteiger partial charge in [-0.25, -0.2) is 4.98 Å². The van der Waals surface area contributed by atoms with Gasteiger partial charge in [-0.3, -0.25) is 4.79 Å². The van der Waals surface area contributed by atoms with Crippen LogP contribution in [0.1, 0.15) is 12.5 Å². The average Bonchev–Trinajstić information content (AvgIpc) is 2.68. The zero-order valence-corrected chi connectivity index (χ0v) is 9.66. The van der Waals surface area contributed by atoms with Crippen molar-refractivity contribution in [2.75, 3.05) is 18.4 Å². The molecular formula is C12H17N3O. The smallest absolute Gasteiger partial charge is 0.230 e. The van der Waals surface area contributed by atoms with Crippen LogP contribution in [0.25, 0.3) is 0 Å². The monoisotopic (exact) mass is 219 g/mol. The van der Waals surface area contributed by atoms with Crippen LogP contribution in [0.2, 0.25) is 0 Å². The Morgan fingerprint density at radius 1 is 1.50 bits per heavy atom. The second kappa shape index (κ2) is 4.61. The third-order valence-corrected chi connectivity index (χ3v) is 3.02. The van der Waals surface area contributed by atoms with Crippen LogP contribution in [0.15, 0.2) is 18.3 Å². The molecule has 0 radical (unpaired) electrons. The molecule has 4 heteroatoms. The van der Waals surface area contributed by atoms with E-state index in [0.29, 0.717) is 11.7 Å². The Morgan fingerprint density at radius 2 is 2.31 bits per heavy atom. The third-order valence-electron chi connectivity index (χ3n) is 3.02. The molecule has 1 fully saturated rings. The third kappa shape index (κ3) is 2.39. The maximum Gasteiger partial charge on any atom is 0.230 e. The van der Waals surface area contributed by atoms with E-state index in [0.717, 1.165) is 18.7 Å². The van der Waals surface area contributed by atoms with Crippen molar-refractivity contribution in [1.29, 1.82) is 0 Å². The first kappa shape index (κ1) is 11.1. The number of hydrogen-bond acceptors (Lipinski definition) is 3. The number of rotatable bonds is 2. The highest BCUT2D eigenvalue weighted by Crippen LogP contribution is 2.17. The lowest BCUT2D eigenvalue weighted by molar-refractivity contribution is -0.120. The molecule has 1 aromatic heterocycles. The van der Waals surface area contributed by atoms with Crippen molar-refractivity contribution in [3.8, 4) is 0 Å². The molecule has 2 heterocycles. The summed E-state index contributed by atoms with van der Waals surface area (Å²) < 4.78 is 0. The largest absolute Gasteiger partial charge is 0.316 e. The number of nitrogens with one attached hydrogen (secondary N) is 2. The van der Waals surface area contributed by atoms with Crippen LogP contribution >= 0.6 is 0 Å². The molecule has 0 bridgehead atoms. The van der Waals surface area contributed by atoms with Crippen molar-refractivity contribution in [3.05, 3.63) is 23.9 Å². The lowest BCUT2D eigenvalue weighted by Crippen LogP contribution is -2.28. The van der Waals surface area contributed by atoms with Gasteiger partial charge in [-0.05, 0) is 31.0 Å². The molecule has 1 amide bonds. The van der Waals surface area contributed by atoms with E-state index in [2.05, 4.69) is 22.5 Å². The van der Waals surface area contributed by atoms with E-state index in [9.17, 15) is 4.79 Å². The van der Waals surface area contributed by atoms with Gasteiger partial charge in [-0.15, -0.1) is 0 Å². The fourth-order valence-electron chi connectivity index (χ4n) is 1.92. The van der Waals surface area contributed by atoms with Crippen LogP contribution in [0.4, 0.5) is 5.82 Å². The molecule has 1 aliphatic heterocycles. The number of carbonyl (C=O) groups is 1. The van der Waals surface area contributed by atoms with Crippen molar-refractivity contribution < 1.29 is 4.79 Å². The maximum absolute atomic E-state index is 11.9. The Kier molecular flexibility index (Phi) is 3.19. The van der Waals surface area contributed by atoms with E-state index in [-0.39, 0.29) is 11.8 Å². The number of pyridine rings is 1. The average molecular weight is 219 g/mol. The van der Waals surface area contributed by atoms with Crippen LogP contribution in [-0.4, -0.2) is 24.0 Å². The summed E-state index contributed by atoms with van der Waals surface area (Å²) in [4.78, 5) is 16.1. The van der Waals surface area contributed by atoms with E-state index in [4.69, 9.17) is 0 Å². The number of aryl methyl sites for hydroxylation is 1. The molecule has 4 nitrogen and oxygen atoms in total. The minimum Gasteiger partial charge on any atom is -0.316 e. The Balaban J connectivity index is 1.99. The minimum absolute atomic E-state index is 0.0584. The van der Waals surface area contributed by atoms with Gasteiger partial charge in [0.15, 0.2) is 0 Å². The number of anilines is 1. The van der Waals surface area contributed by atoms with Gasteiger partial charge in [0.2, 0.25) is 5.91 Å². The summed E-state index contributed by atoms with van der Waals surface area (Å²) in [5.41, 5.74) is 1.09. The standard InChI is InChI=1S/C12H17N3O/c1-8-3-4-11(14-5-8)15-12(16)10-7-13-6-9(10)2/h3-5,9-10,13H,6-7H2,1-2H3,(H,14,15,16). The van der Waals surface area contributed by atoms with E-state index >= 15 is 0 Å². The summed E-state index contributed by atoms with van der Waals surface area (Å²) in [5, 5.41) is 6.07. The van der Waals surface area contributed by atoms with Gasteiger partial charge < -0.3 is 10.6 Å². The highest BCUT2D eigenvalue weighted by molar-refractivity contribution is 5.92. The normalized spacial score (nSPS) is 24.4. The SMILES string of the molecule is Cc1ccc(NC(=O)C2CNCC2C)nc1. The highest BCUT2D eigenvalue weighted by atomic mass is 16.2. The molecule has 2 unspecified atom stereocenters. The molecule has 0 spiro atoms. The van der Waals surface area contributed by atoms with E-state index in [1.165, 1.54) is 0 Å². The fraction of sp³-hybridized carbons (Fsp3) is 0.500. The first-order chi connectivity index (χ1) is 7.66. The fourth-order valence-corrected chi connectivity index (χ4v) is 1.92. The summed E-state index contributed by atoms with van der Waals surface area (Å²) in [7, 11) is 0. The van der Waals surface area contributed by atoms with Crippen molar-refractivity contribution >= 4 is 11.7 Å². The lowest BCUT2D eigenvalue weighted by atomic mass is 9.97. The number of carbonyl (C=O) groups excluding carboxylic acids is 1. The molecule has 0 saturated carbocycles. The lowest BCUT2D eigenvalue weighted by Gasteiger charge is -2.13. The first-order valence-electron chi connectivity index (χ1n) is 5.61. The van der Waals surface area contributed by atoms with Crippen molar-refractivity contribution in [2.24, 2.45) is 11.8 Å². The predicted octanol–water partition coefficient (Wildman–Crippen LogP) is 1.18. The molecule has 16 heavy (non-hydrogen) atoms. The number of amides is 1. The topological polar surface area (TPSA) is 54.0 Å². The molecule has 86 valence electrons. The molecule has 0 aliphatic carbocycles. The minimum atomic E-state index is 0.0584. The Bertz CT molecular complexity index is 374. The number of hydrogen-bond donors (Lipinski definition) is 2. The van der Waals surface area contributed by atoms with E-state index < -0.39 is 0 Å². The summed E-state index contributed by atoms with van der Waals surface area (Å²) in [6.07, 6.45) is 1.76. The van der Waals surface area contributed by atoms with E-state index in [1.807, 2.05) is 19.1 Å². The quantitative estimate of drug-likeness (QED) is 0.785. The Morgan fingerprint density at radius 3 is 2.88 bits per heavy atom. The molecule has 1 saturated heterocycles. The summed E-state index contributed by atoms with van der Waals surface area (Å²) in [6.45, 7) is 5.74. The second-order valence-corrected chi connectivity index (χ2v) is 4.45. The zero-order valence-electron chi connectivity index (χ0n) is 9.66.